The van der Waals surface area contributed by atoms with Gasteiger partial charge in [0, 0.05) is 31.0 Å². The highest BCUT2D eigenvalue weighted by Gasteiger charge is 2.39. The Kier molecular flexibility index (Phi) is 6.68. The number of aromatic nitrogens is 2. The van der Waals surface area contributed by atoms with Crippen molar-refractivity contribution >= 4 is 17.4 Å². The van der Waals surface area contributed by atoms with Gasteiger partial charge in [-0.15, -0.1) is 0 Å². The van der Waals surface area contributed by atoms with Gasteiger partial charge < -0.3 is 11.1 Å². The van der Waals surface area contributed by atoms with E-state index in [9.17, 15) is 23.2 Å². The van der Waals surface area contributed by atoms with Crippen molar-refractivity contribution in [2.75, 3.05) is 18.4 Å². The van der Waals surface area contributed by atoms with Gasteiger partial charge in [-0.05, 0) is 81.0 Å². The Hall–Kier alpha value is -3.06. The molecule has 1 amide bonds. The van der Waals surface area contributed by atoms with E-state index in [4.69, 9.17) is 5.73 Å². The van der Waals surface area contributed by atoms with Gasteiger partial charge in [-0.1, -0.05) is 0 Å². The van der Waals surface area contributed by atoms with Crippen LogP contribution in [0, 0.1) is 29.1 Å². The fourth-order valence-electron chi connectivity index (χ4n) is 5.27. The number of amides is 1. The number of hydrogen-bond donors (Lipinski definition) is 2. The van der Waals surface area contributed by atoms with Crippen molar-refractivity contribution in [3.63, 3.8) is 0 Å². The van der Waals surface area contributed by atoms with Crippen molar-refractivity contribution in [1.29, 1.82) is 5.26 Å². The van der Waals surface area contributed by atoms with E-state index in [-0.39, 0.29) is 23.3 Å². The fourth-order valence-corrected chi connectivity index (χ4v) is 5.27. The first kappa shape index (κ1) is 24.6. The lowest BCUT2D eigenvalue weighted by Crippen LogP contribution is -2.43. The molecule has 0 radical (unpaired) electrons. The van der Waals surface area contributed by atoms with E-state index in [1.807, 2.05) is 0 Å². The van der Waals surface area contributed by atoms with Gasteiger partial charge in [-0.25, -0.2) is 0 Å². The number of nitriles is 1. The number of anilines is 2. The maximum atomic E-state index is 12.9. The van der Waals surface area contributed by atoms with Crippen LogP contribution in [0.5, 0.6) is 0 Å². The first-order chi connectivity index (χ1) is 17.2. The highest BCUT2D eigenvalue weighted by Crippen LogP contribution is 2.41. The number of rotatable bonds is 9. The Labute approximate surface area is 208 Å². The van der Waals surface area contributed by atoms with Crippen molar-refractivity contribution in [1.82, 2.24) is 14.7 Å². The molecule has 0 saturated heterocycles. The minimum absolute atomic E-state index is 0.137. The Morgan fingerprint density at radius 3 is 2.28 bits per heavy atom. The van der Waals surface area contributed by atoms with Gasteiger partial charge >= 0.3 is 6.18 Å². The SMILES string of the molecule is N#CC1CC(N(CC2CC2)CC2CC2)CCC1n1cc(C(N)=O)c(Nc2ccc(C(F)(F)F)cc2)n1. The summed E-state index contributed by atoms with van der Waals surface area (Å²) in [6, 6.07) is 7.14. The predicted octanol–water partition coefficient (Wildman–Crippen LogP) is 5.10. The first-order valence-electron chi connectivity index (χ1n) is 12.7. The third kappa shape index (κ3) is 5.67. The maximum absolute atomic E-state index is 12.9. The third-order valence-corrected chi connectivity index (χ3v) is 7.66. The molecule has 3 aliphatic rings. The molecular weight excluding hydrogens is 469 g/mol. The smallest absolute Gasteiger partial charge is 0.365 e. The maximum Gasteiger partial charge on any atom is 0.416 e. The van der Waals surface area contributed by atoms with Crippen LogP contribution in [0.3, 0.4) is 0 Å². The number of primary amides is 1. The van der Waals surface area contributed by atoms with Crippen LogP contribution in [0.25, 0.3) is 0 Å². The highest BCUT2D eigenvalue weighted by molar-refractivity contribution is 5.98. The Bertz CT molecular complexity index is 1120. The van der Waals surface area contributed by atoms with E-state index < -0.39 is 17.6 Å². The van der Waals surface area contributed by atoms with Crippen LogP contribution >= 0.6 is 0 Å². The molecule has 0 bridgehead atoms. The monoisotopic (exact) mass is 500 g/mol. The van der Waals surface area contributed by atoms with Crippen LogP contribution in [0.15, 0.2) is 30.5 Å². The molecule has 3 saturated carbocycles. The minimum atomic E-state index is -4.43. The number of alkyl halides is 3. The molecule has 3 unspecified atom stereocenters. The molecule has 5 rings (SSSR count). The lowest BCUT2D eigenvalue weighted by molar-refractivity contribution is -0.137. The van der Waals surface area contributed by atoms with Crippen molar-refractivity contribution < 1.29 is 18.0 Å². The summed E-state index contributed by atoms with van der Waals surface area (Å²) in [7, 11) is 0. The number of benzene rings is 1. The third-order valence-electron chi connectivity index (χ3n) is 7.66. The van der Waals surface area contributed by atoms with Gasteiger partial charge in [-0.2, -0.15) is 23.5 Å². The van der Waals surface area contributed by atoms with E-state index in [0.717, 1.165) is 56.3 Å². The average molecular weight is 501 g/mol. The van der Waals surface area contributed by atoms with Crippen LogP contribution in [0.1, 0.15) is 66.9 Å². The first-order valence-corrected chi connectivity index (χ1v) is 12.7. The van der Waals surface area contributed by atoms with Crippen LogP contribution in [0.4, 0.5) is 24.7 Å². The van der Waals surface area contributed by atoms with Gasteiger partial charge in [0.05, 0.1) is 23.6 Å². The predicted molar refractivity (Wildman–Crippen MR) is 128 cm³/mol. The van der Waals surface area contributed by atoms with Gasteiger partial charge in [0.1, 0.15) is 5.56 Å². The number of nitrogens with two attached hydrogens (primary N) is 1. The molecule has 36 heavy (non-hydrogen) atoms. The summed E-state index contributed by atoms with van der Waals surface area (Å²) in [6.45, 7) is 2.25. The standard InChI is InChI=1S/C26H31F3N6O/c27-26(28,29)19-5-7-20(8-6-19)32-25-22(24(31)36)15-35(33-25)23-10-9-21(11-18(23)12-30)34(13-16-1-2-16)14-17-3-4-17/h5-8,15-18,21,23H,1-4,9-11,13-14H2,(H2,31,36)(H,32,33). The van der Waals surface area contributed by atoms with E-state index in [1.165, 1.54) is 37.8 Å². The van der Waals surface area contributed by atoms with Crippen LogP contribution in [-0.2, 0) is 6.18 Å². The average Bonchev–Trinajstić information content (AvgIpc) is 3.78. The molecule has 3 atom stereocenters. The molecule has 7 nitrogen and oxygen atoms in total. The normalized spacial score (nSPS) is 24.5. The minimum Gasteiger partial charge on any atom is -0.365 e. The van der Waals surface area contributed by atoms with E-state index in [1.54, 1.807) is 10.9 Å². The largest absolute Gasteiger partial charge is 0.416 e. The summed E-state index contributed by atoms with van der Waals surface area (Å²) >= 11 is 0. The summed E-state index contributed by atoms with van der Waals surface area (Å²) < 4.78 is 40.3. The molecule has 0 aliphatic heterocycles. The van der Waals surface area contributed by atoms with Crippen molar-refractivity contribution in [3.05, 3.63) is 41.6 Å². The quantitative estimate of drug-likeness (QED) is 0.499. The highest BCUT2D eigenvalue weighted by atomic mass is 19.4. The fraction of sp³-hybridized carbons (Fsp3) is 0.577. The van der Waals surface area contributed by atoms with Gasteiger partial charge in [0.15, 0.2) is 5.82 Å². The Balaban J connectivity index is 1.31. The molecule has 192 valence electrons. The number of nitrogens with zero attached hydrogens (tertiary/aromatic N) is 4. The molecule has 0 spiro atoms. The van der Waals surface area contributed by atoms with E-state index in [2.05, 4.69) is 21.4 Å². The van der Waals surface area contributed by atoms with Crippen LogP contribution in [-0.4, -0.2) is 39.7 Å². The lowest BCUT2D eigenvalue weighted by atomic mass is 9.81. The van der Waals surface area contributed by atoms with E-state index >= 15 is 0 Å². The molecule has 1 aromatic carbocycles. The molecular formula is C26H31F3N6O. The molecule has 10 heteroatoms. The number of hydrogen-bond acceptors (Lipinski definition) is 5. The van der Waals surface area contributed by atoms with Crippen LogP contribution in [0.2, 0.25) is 0 Å². The van der Waals surface area contributed by atoms with Gasteiger partial charge in [0.25, 0.3) is 5.91 Å². The van der Waals surface area contributed by atoms with Crippen LogP contribution < -0.4 is 11.1 Å². The second kappa shape index (κ2) is 9.77. The Morgan fingerprint density at radius 2 is 1.75 bits per heavy atom. The van der Waals surface area contributed by atoms with Crippen molar-refractivity contribution in [2.24, 2.45) is 23.5 Å². The lowest BCUT2D eigenvalue weighted by Gasteiger charge is -2.39. The summed E-state index contributed by atoms with van der Waals surface area (Å²) in [6.07, 6.45) is 4.79. The van der Waals surface area contributed by atoms with Crippen molar-refractivity contribution in [2.45, 2.75) is 63.2 Å². The Morgan fingerprint density at radius 1 is 1.11 bits per heavy atom. The summed E-state index contributed by atoms with van der Waals surface area (Å²) in [4.78, 5) is 14.7. The molecule has 3 aliphatic carbocycles. The van der Waals surface area contributed by atoms with Crippen molar-refractivity contribution in [3.8, 4) is 6.07 Å². The van der Waals surface area contributed by atoms with Gasteiger partial charge in [0.2, 0.25) is 0 Å². The zero-order valence-electron chi connectivity index (χ0n) is 20.0. The summed E-state index contributed by atoms with van der Waals surface area (Å²) in [5.41, 5.74) is 5.30. The summed E-state index contributed by atoms with van der Waals surface area (Å²) in [5, 5.41) is 17.5. The molecule has 2 aromatic rings. The second-order valence-corrected chi connectivity index (χ2v) is 10.5. The second-order valence-electron chi connectivity index (χ2n) is 10.5. The molecule has 3 N–H and O–H groups in total. The molecule has 3 fully saturated rings. The number of carbonyl (C=O) groups excluding carboxylic acids is 1. The molecule has 1 heterocycles. The van der Waals surface area contributed by atoms with E-state index in [0.29, 0.717) is 11.7 Å². The number of nitrogens with one attached hydrogen (secondary N) is 1. The number of carbonyl (C=O) groups is 1. The zero-order valence-corrected chi connectivity index (χ0v) is 20.0. The number of halogens is 3. The zero-order chi connectivity index (χ0) is 25.4. The topological polar surface area (TPSA) is 100.0 Å². The summed E-state index contributed by atoms with van der Waals surface area (Å²) in [5.74, 6) is 0.808. The molecule has 1 aromatic heterocycles. The van der Waals surface area contributed by atoms with Gasteiger partial charge in [-0.3, -0.25) is 14.4 Å².